The van der Waals surface area contributed by atoms with Crippen molar-refractivity contribution in [3.63, 3.8) is 0 Å². The third-order valence-electron chi connectivity index (χ3n) is 4.72. The molecule has 0 saturated heterocycles. The van der Waals surface area contributed by atoms with Crippen molar-refractivity contribution < 1.29 is 4.74 Å². The Labute approximate surface area is 136 Å². The standard InChI is InChI=1S/C20H22N2O/c1-14-11-17-12-16(9-10-19(17)21-14)18-7-4-8-20(22-18)23-13-15-5-2-3-6-15/h4,7-12,15,21H,2-3,5-6,13H2,1H3. The first-order chi connectivity index (χ1) is 11.3. The molecule has 3 aromatic rings. The molecule has 0 aliphatic heterocycles. The molecule has 0 radical (unpaired) electrons. The van der Waals surface area contributed by atoms with E-state index in [1.165, 1.54) is 42.3 Å². The Bertz CT molecular complexity index is 815. The van der Waals surface area contributed by atoms with Crippen LogP contribution in [-0.2, 0) is 0 Å². The number of aromatic amines is 1. The van der Waals surface area contributed by atoms with Crippen molar-refractivity contribution >= 4 is 10.9 Å². The number of H-pyrrole nitrogens is 1. The van der Waals surface area contributed by atoms with Crippen LogP contribution in [0.3, 0.4) is 0 Å². The van der Waals surface area contributed by atoms with Crippen molar-refractivity contribution in [2.24, 2.45) is 5.92 Å². The maximum Gasteiger partial charge on any atom is 0.213 e. The smallest absolute Gasteiger partial charge is 0.213 e. The van der Waals surface area contributed by atoms with Gasteiger partial charge in [-0.1, -0.05) is 25.0 Å². The van der Waals surface area contributed by atoms with Crippen molar-refractivity contribution in [3.05, 3.63) is 48.2 Å². The second-order valence-corrected chi connectivity index (χ2v) is 6.58. The van der Waals surface area contributed by atoms with E-state index in [2.05, 4.69) is 41.2 Å². The van der Waals surface area contributed by atoms with Gasteiger partial charge in [0.2, 0.25) is 5.88 Å². The normalized spacial score (nSPS) is 15.3. The molecule has 2 aromatic heterocycles. The summed E-state index contributed by atoms with van der Waals surface area (Å²) in [6.45, 7) is 2.88. The predicted molar refractivity (Wildman–Crippen MR) is 93.7 cm³/mol. The van der Waals surface area contributed by atoms with E-state index in [1.807, 2.05) is 18.2 Å². The van der Waals surface area contributed by atoms with Crippen molar-refractivity contribution in [2.45, 2.75) is 32.6 Å². The van der Waals surface area contributed by atoms with Gasteiger partial charge in [0.15, 0.2) is 0 Å². The van der Waals surface area contributed by atoms with Gasteiger partial charge in [-0.15, -0.1) is 0 Å². The molecule has 1 saturated carbocycles. The van der Waals surface area contributed by atoms with E-state index in [9.17, 15) is 0 Å². The molecule has 1 aliphatic carbocycles. The second-order valence-electron chi connectivity index (χ2n) is 6.58. The van der Waals surface area contributed by atoms with Crippen molar-refractivity contribution in [3.8, 4) is 17.1 Å². The molecule has 4 rings (SSSR count). The third kappa shape index (κ3) is 3.09. The lowest BCUT2D eigenvalue weighted by atomic mass is 10.1. The molecule has 0 spiro atoms. The molecule has 1 fully saturated rings. The highest BCUT2D eigenvalue weighted by Gasteiger charge is 2.15. The van der Waals surface area contributed by atoms with Gasteiger partial charge in [-0.3, -0.25) is 0 Å². The highest BCUT2D eigenvalue weighted by Crippen LogP contribution is 2.27. The van der Waals surface area contributed by atoms with Crippen LogP contribution in [0.5, 0.6) is 5.88 Å². The Morgan fingerprint density at radius 3 is 2.87 bits per heavy atom. The molecule has 23 heavy (non-hydrogen) atoms. The number of aromatic nitrogens is 2. The highest BCUT2D eigenvalue weighted by atomic mass is 16.5. The van der Waals surface area contributed by atoms with Gasteiger partial charge in [0.05, 0.1) is 12.3 Å². The molecule has 2 heterocycles. The summed E-state index contributed by atoms with van der Waals surface area (Å²) in [5, 5.41) is 1.22. The van der Waals surface area contributed by atoms with E-state index in [0.29, 0.717) is 5.92 Å². The molecule has 3 nitrogen and oxygen atoms in total. The zero-order valence-electron chi connectivity index (χ0n) is 13.5. The minimum atomic E-state index is 0.708. The van der Waals surface area contributed by atoms with E-state index in [4.69, 9.17) is 4.74 Å². The maximum absolute atomic E-state index is 5.93. The van der Waals surface area contributed by atoms with Gasteiger partial charge < -0.3 is 9.72 Å². The number of benzene rings is 1. The molecule has 3 heteroatoms. The number of aryl methyl sites for hydroxylation is 1. The lowest BCUT2D eigenvalue weighted by Gasteiger charge is -2.11. The van der Waals surface area contributed by atoms with Crippen LogP contribution in [0.4, 0.5) is 0 Å². The highest BCUT2D eigenvalue weighted by molar-refractivity contribution is 5.85. The number of pyridine rings is 1. The molecule has 0 amide bonds. The molecule has 0 unspecified atom stereocenters. The van der Waals surface area contributed by atoms with Crippen molar-refractivity contribution in [2.75, 3.05) is 6.61 Å². The van der Waals surface area contributed by atoms with Gasteiger partial charge in [-0.25, -0.2) is 4.98 Å². The molecule has 1 aliphatic rings. The largest absolute Gasteiger partial charge is 0.477 e. The van der Waals surface area contributed by atoms with Gasteiger partial charge in [-0.05, 0) is 49.9 Å². The number of hydrogen-bond acceptors (Lipinski definition) is 2. The summed E-state index contributed by atoms with van der Waals surface area (Å²) in [5.41, 5.74) is 4.44. The fourth-order valence-electron chi connectivity index (χ4n) is 3.47. The van der Waals surface area contributed by atoms with Gasteiger partial charge in [0.25, 0.3) is 0 Å². The van der Waals surface area contributed by atoms with E-state index < -0.39 is 0 Å². The SMILES string of the molecule is Cc1cc2cc(-c3cccc(OCC4CCCC4)n3)ccc2[nH]1. The van der Waals surface area contributed by atoms with E-state index in [0.717, 1.165) is 23.7 Å². The fourth-order valence-corrected chi connectivity index (χ4v) is 3.47. The molecular formula is C20H22N2O. The Morgan fingerprint density at radius 2 is 2.00 bits per heavy atom. The molecule has 118 valence electrons. The molecule has 0 atom stereocenters. The summed E-state index contributed by atoms with van der Waals surface area (Å²) in [7, 11) is 0. The number of ether oxygens (including phenoxy) is 1. The second kappa shape index (κ2) is 6.07. The Kier molecular flexibility index (Phi) is 3.78. The monoisotopic (exact) mass is 306 g/mol. The van der Waals surface area contributed by atoms with Gasteiger partial charge in [-0.2, -0.15) is 0 Å². The van der Waals surface area contributed by atoms with Gasteiger partial charge in [0, 0.05) is 28.2 Å². The van der Waals surface area contributed by atoms with Crippen molar-refractivity contribution in [1.29, 1.82) is 0 Å². The molecule has 1 N–H and O–H groups in total. The van der Waals surface area contributed by atoms with Crippen LogP contribution in [0.2, 0.25) is 0 Å². The van der Waals surface area contributed by atoms with Gasteiger partial charge in [0.1, 0.15) is 0 Å². The average Bonchev–Trinajstić information content (AvgIpc) is 3.20. The van der Waals surface area contributed by atoms with Gasteiger partial charge >= 0.3 is 0 Å². The molecule has 1 aromatic carbocycles. The van der Waals surface area contributed by atoms with Crippen LogP contribution in [0, 0.1) is 12.8 Å². The minimum Gasteiger partial charge on any atom is -0.477 e. The molecule has 0 bridgehead atoms. The summed E-state index contributed by atoms with van der Waals surface area (Å²) in [6, 6.07) is 14.6. The average molecular weight is 306 g/mol. The van der Waals surface area contributed by atoms with Crippen LogP contribution >= 0.6 is 0 Å². The minimum absolute atomic E-state index is 0.708. The maximum atomic E-state index is 5.93. The van der Waals surface area contributed by atoms with Crippen LogP contribution in [0.25, 0.3) is 22.2 Å². The lowest BCUT2D eigenvalue weighted by Crippen LogP contribution is -2.08. The topological polar surface area (TPSA) is 37.9 Å². The van der Waals surface area contributed by atoms with E-state index in [-0.39, 0.29) is 0 Å². The zero-order valence-corrected chi connectivity index (χ0v) is 13.5. The molecular weight excluding hydrogens is 284 g/mol. The predicted octanol–water partition coefficient (Wildman–Crippen LogP) is 5.11. The lowest BCUT2D eigenvalue weighted by molar-refractivity contribution is 0.244. The Hall–Kier alpha value is -2.29. The van der Waals surface area contributed by atoms with Crippen LogP contribution in [0.1, 0.15) is 31.4 Å². The Morgan fingerprint density at radius 1 is 1.13 bits per heavy atom. The number of rotatable bonds is 4. The summed E-state index contributed by atoms with van der Waals surface area (Å²) in [6.07, 6.45) is 5.28. The summed E-state index contributed by atoms with van der Waals surface area (Å²) in [5.74, 6) is 1.44. The summed E-state index contributed by atoms with van der Waals surface area (Å²) in [4.78, 5) is 8.04. The first-order valence-electron chi connectivity index (χ1n) is 8.47. The first-order valence-corrected chi connectivity index (χ1v) is 8.47. The first kappa shape index (κ1) is 14.3. The van der Waals surface area contributed by atoms with Crippen LogP contribution in [-0.4, -0.2) is 16.6 Å². The number of nitrogens with zero attached hydrogens (tertiary/aromatic N) is 1. The van der Waals surface area contributed by atoms with Crippen LogP contribution < -0.4 is 4.74 Å². The Balaban J connectivity index is 1.56. The number of hydrogen-bond donors (Lipinski definition) is 1. The summed E-state index contributed by atoms with van der Waals surface area (Å²) < 4.78 is 5.93. The zero-order chi connectivity index (χ0) is 15.6. The quantitative estimate of drug-likeness (QED) is 0.727. The van der Waals surface area contributed by atoms with Crippen LogP contribution in [0.15, 0.2) is 42.5 Å². The van der Waals surface area contributed by atoms with Crippen molar-refractivity contribution in [1.82, 2.24) is 9.97 Å². The van der Waals surface area contributed by atoms with E-state index >= 15 is 0 Å². The summed E-state index contributed by atoms with van der Waals surface area (Å²) >= 11 is 0. The number of fused-ring (bicyclic) bond motifs is 1. The van der Waals surface area contributed by atoms with E-state index in [1.54, 1.807) is 0 Å². The third-order valence-corrected chi connectivity index (χ3v) is 4.72. The fraction of sp³-hybridized carbons (Fsp3) is 0.350. The number of nitrogens with one attached hydrogen (secondary N) is 1.